The summed E-state index contributed by atoms with van der Waals surface area (Å²) in [5, 5.41) is 2.66. The number of nitrogens with one attached hydrogen (secondary N) is 1. The van der Waals surface area contributed by atoms with Gasteiger partial charge in [0.05, 0.1) is 5.25 Å². The van der Waals surface area contributed by atoms with Gasteiger partial charge in [-0.2, -0.15) is 0 Å². The molecule has 0 saturated heterocycles. The number of sulfone groups is 1. The lowest BCUT2D eigenvalue weighted by Crippen LogP contribution is -2.44. The SMILES string of the molecule is Cc1cccc(C2(CNC(=O)CS(=O)(=O)C3CCCC3)CCCCC2)c1. The number of aryl methyl sites for hydroxylation is 1. The Labute approximate surface area is 157 Å². The summed E-state index contributed by atoms with van der Waals surface area (Å²) < 4.78 is 24.9. The van der Waals surface area contributed by atoms with E-state index in [4.69, 9.17) is 0 Å². The molecule has 0 radical (unpaired) electrons. The van der Waals surface area contributed by atoms with Gasteiger partial charge in [-0.3, -0.25) is 4.79 Å². The second-order valence-corrected chi connectivity index (χ2v) is 10.5. The molecule has 0 atom stereocenters. The molecule has 144 valence electrons. The minimum atomic E-state index is -3.32. The van der Waals surface area contributed by atoms with Gasteiger partial charge in [0, 0.05) is 12.0 Å². The summed E-state index contributed by atoms with van der Waals surface area (Å²) in [5.74, 6) is -0.698. The van der Waals surface area contributed by atoms with E-state index in [1.54, 1.807) is 0 Å². The van der Waals surface area contributed by atoms with Crippen molar-refractivity contribution in [3.63, 3.8) is 0 Å². The van der Waals surface area contributed by atoms with Crippen molar-refractivity contribution in [2.75, 3.05) is 12.3 Å². The lowest BCUT2D eigenvalue weighted by atomic mass is 9.69. The van der Waals surface area contributed by atoms with Crippen molar-refractivity contribution < 1.29 is 13.2 Å². The van der Waals surface area contributed by atoms with Crippen molar-refractivity contribution in [1.29, 1.82) is 0 Å². The highest BCUT2D eigenvalue weighted by atomic mass is 32.2. The summed E-state index contributed by atoms with van der Waals surface area (Å²) in [5.41, 5.74) is 2.44. The van der Waals surface area contributed by atoms with Crippen LogP contribution in [0.2, 0.25) is 0 Å². The molecule has 2 aliphatic carbocycles. The number of amides is 1. The molecule has 2 aliphatic rings. The Morgan fingerprint density at radius 2 is 1.81 bits per heavy atom. The van der Waals surface area contributed by atoms with E-state index >= 15 is 0 Å². The quantitative estimate of drug-likeness (QED) is 0.823. The average molecular weight is 378 g/mol. The van der Waals surface area contributed by atoms with Gasteiger partial charge >= 0.3 is 0 Å². The van der Waals surface area contributed by atoms with Gasteiger partial charge in [0.1, 0.15) is 5.75 Å². The minimum absolute atomic E-state index is 0.0585. The maximum Gasteiger partial charge on any atom is 0.235 e. The molecule has 1 aromatic carbocycles. The van der Waals surface area contributed by atoms with Gasteiger partial charge in [-0.1, -0.05) is 61.9 Å². The third-order valence-corrected chi connectivity index (χ3v) is 8.36. The van der Waals surface area contributed by atoms with Gasteiger partial charge in [-0.05, 0) is 38.2 Å². The van der Waals surface area contributed by atoms with Gasteiger partial charge in [0.15, 0.2) is 9.84 Å². The van der Waals surface area contributed by atoms with Gasteiger partial charge < -0.3 is 5.32 Å². The van der Waals surface area contributed by atoms with Crippen molar-refractivity contribution in [2.24, 2.45) is 0 Å². The molecule has 5 heteroatoms. The Bertz CT molecular complexity index is 729. The maximum absolute atomic E-state index is 12.4. The van der Waals surface area contributed by atoms with Crippen LogP contribution in [0.3, 0.4) is 0 Å². The second kappa shape index (κ2) is 8.12. The molecule has 0 spiro atoms. The average Bonchev–Trinajstić information content (AvgIpc) is 3.16. The summed E-state index contributed by atoms with van der Waals surface area (Å²) in [7, 11) is -3.32. The Balaban J connectivity index is 1.67. The highest BCUT2D eigenvalue weighted by Crippen LogP contribution is 2.39. The molecule has 26 heavy (non-hydrogen) atoms. The highest BCUT2D eigenvalue weighted by molar-refractivity contribution is 7.92. The van der Waals surface area contributed by atoms with Crippen LogP contribution in [0.25, 0.3) is 0 Å². The second-order valence-electron chi connectivity index (χ2n) is 8.20. The smallest absolute Gasteiger partial charge is 0.235 e. The zero-order valence-electron chi connectivity index (χ0n) is 15.8. The Morgan fingerprint density at radius 3 is 2.46 bits per heavy atom. The Kier molecular flexibility index (Phi) is 6.06. The van der Waals surface area contributed by atoms with Gasteiger partial charge in [0.2, 0.25) is 5.91 Å². The normalized spacial score (nSPS) is 20.8. The summed E-state index contributed by atoms with van der Waals surface area (Å²) >= 11 is 0. The van der Waals surface area contributed by atoms with Crippen molar-refractivity contribution in [3.05, 3.63) is 35.4 Å². The summed E-state index contributed by atoms with van der Waals surface area (Å²) in [6.45, 7) is 2.63. The molecule has 1 N–H and O–H groups in total. The molecular weight excluding hydrogens is 346 g/mol. The fraction of sp³-hybridized carbons (Fsp3) is 0.667. The molecule has 1 amide bonds. The summed E-state index contributed by atoms with van der Waals surface area (Å²) in [6.07, 6.45) is 8.99. The molecule has 3 rings (SSSR count). The van der Waals surface area contributed by atoms with E-state index in [1.807, 2.05) is 0 Å². The first-order valence-corrected chi connectivity index (χ1v) is 11.7. The Hall–Kier alpha value is -1.36. The number of carbonyl (C=O) groups is 1. The van der Waals surface area contributed by atoms with E-state index in [2.05, 4.69) is 36.5 Å². The van der Waals surface area contributed by atoms with Crippen molar-refractivity contribution in [1.82, 2.24) is 5.32 Å². The van der Waals surface area contributed by atoms with Crippen LogP contribution in [0.15, 0.2) is 24.3 Å². The molecule has 2 saturated carbocycles. The van der Waals surface area contributed by atoms with E-state index in [1.165, 1.54) is 17.5 Å². The van der Waals surface area contributed by atoms with Crippen LogP contribution in [0.4, 0.5) is 0 Å². The van der Waals surface area contributed by atoms with Crippen LogP contribution in [0.5, 0.6) is 0 Å². The molecular formula is C21H31NO3S. The molecule has 2 fully saturated rings. The molecule has 0 aromatic heterocycles. The Morgan fingerprint density at radius 1 is 1.12 bits per heavy atom. The predicted molar refractivity (Wildman–Crippen MR) is 105 cm³/mol. The van der Waals surface area contributed by atoms with Crippen LogP contribution in [0, 0.1) is 6.92 Å². The topological polar surface area (TPSA) is 63.2 Å². The third-order valence-electron chi connectivity index (χ3n) is 6.21. The number of rotatable bonds is 6. The molecule has 0 aliphatic heterocycles. The predicted octanol–water partition coefficient (Wildman–Crippen LogP) is 3.67. The number of hydrogen-bond acceptors (Lipinski definition) is 3. The van der Waals surface area contributed by atoms with Crippen LogP contribution >= 0.6 is 0 Å². The van der Waals surface area contributed by atoms with Crippen LogP contribution < -0.4 is 5.32 Å². The van der Waals surface area contributed by atoms with Crippen molar-refractivity contribution >= 4 is 15.7 Å². The summed E-state index contributed by atoms with van der Waals surface area (Å²) in [6, 6.07) is 8.53. The fourth-order valence-electron chi connectivity index (χ4n) is 4.64. The number of carbonyl (C=O) groups excluding carboxylic acids is 1. The molecule has 4 nitrogen and oxygen atoms in total. The first-order valence-electron chi connectivity index (χ1n) is 9.97. The molecule has 1 aromatic rings. The van der Waals surface area contributed by atoms with Gasteiger partial charge in [-0.25, -0.2) is 8.42 Å². The van der Waals surface area contributed by atoms with Crippen molar-refractivity contribution in [3.8, 4) is 0 Å². The van der Waals surface area contributed by atoms with E-state index in [0.29, 0.717) is 19.4 Å². The lowest BCUT2D eigenvalue weighted by molar-refractivity contribution is -0.119. The maximum atomic E-state index is 12.4. The molecule has 0 heterocycles. The summed E-state index contributed by atoms with van der Waals surface area (Å²) in [4.78, 5) is 12.4. The monoisotopic (exact) mass is 377 g/mol. The fourth-order valence-corrected chi connectivity index (χ4v) is 6.39. The highest BCUT2D eigenvalue weighted by Gasteiger charge is 2.35. The van der Waals surface area contributed by atoms with E-state index in [0.717, 1.165) is 38.5 Å². The zero-order chi connectivity index (χ0) is 18.6. The van der Waals surface area contributed by atoms with Crippen molar-refractivity contribution in [2.45, 2.75) is 75.4 Å². The minimum Gasteiger partial charge on any atom is -0.354 e. The van der Waals surface area contributed by atoms with E-state index < -0.39 is 9.84 Å². The first-order chi connectivity index (χ1) is 12.4. The molecule has 0 bridgehead atoms. The van der Waals surface area contributed by atoms with Crippen LogP contribution in [-0.4, -0.2) is 31.9 Å². The first kappa shape index (κ1) is 19.4. The van der Waals surface area contributed by atoms with Gasteiger partial charge in [-0.15, -0.1) is 0 Å². The van der Waals surface area contributed by atoms with Crippen LogP contribution in [-0.2, 0) is 20.0 Å². The van der Waals surface area contributed by atoms with E-state index in [-0.39, 0.29) is 22.3 Å². The lowest BCUT2D eigenvalue weighted by Gasteiger charge is -2.38. The van der Waals surface area contributed by atoms with E-state index in [9.17, 15) is 13.2 Å². The number of benzene rings is 1. The standard InChI is InChI=1S/C21H31NO3S/c1-17-8-7-9-18(14-17)21(12-5-2-6-13-21)16-22-20(23)15-26(24,25)19-10-3-4-11-19/h7-9,14,19H,2-6,10-13,15-16H2,1H3,(H,22,23). The third kappa shape index (κ3) is 4.48. The largest absolute Gasteiger partial charge is 0.354 e. The number of hydrogen-bond donors (Lipinski definition) is 1. The zero-order valence-corrected chi connectivity index (χ0v) is 16.6. The molecule has 0 unspecified atom stereocenters. The van der Waals surface area contributed by atoms with Gasteiger partial charge in [0.25, 0.3) is 0 Å². The van der Waals surface area contributed by atoms with Crippen LogP contribution in [0.1, 0.15) is 68.9 Å².